The van der Waals surface area contributed by atoms with Crippen LogP contribution in [0.25, 0.3) is 22.0 Å². The van der Waals surface area contributed by atoms with Crippen molar-refractivity contribution in [2.75, 3.05) is 0 Å². The molecular formula is C32H30ClFN2O3. The quantitative estimate of drug-likeness (QED) is 0.240. The second kappa shape index (κ2) is 9.60. The molecule has 2 fully saturated rings. The van der Waals surface area contributed by atoms with Gasteiger partial charge in [0.15, 0.2) is 5.78 Å². The predicted octanol–water partition coefficient (Wildman–Crippen LogP) is 7.88. The van der Waals surface area contributed by atoms with Crippen LogP contribution in [0.2, 0.25) is 5.02 Å². The lowest BCUT2D eigenvalue weighted by molar-refractivity contribution is -0.157. The topological polar surface area (TPSA) is 72.2 Å². The van der Waals surface area contributed by atoms with Crippen LogP contribution in [0.5, 0.6) is 0 Å². The molecule has 2 aliphatic rings. The third kappa shape index (κ3) is 4.55. The molecule has 2 aliphatic carbocycles. The molecule has 0 radical (unpaired) electrons. The molecule has 5 nitrogen and oxygen atoms in total. The molecule has 0 aliphatic heterocycles. The number of fused-ring (bicyclic) bond motifs is 1. The first-order valence-electron chi connectivity index (χ1n) is 13.4. The van der Waals surface area contributed by atoms with E-state index in [1.165, 1.54) is 6.07 Å². The molecule has 2 aromatic carbocycles. The summed E-state index contributed by atoms with van der Waals surface area (Å²) >= 11 is 6.26. The molecule has 1 unspecified atom stereocenters. The van der Waals surface area contributed by atoms with Crippen molar-refractivity contribution in [3.8, 4) is 11.1 Å². The predicted molar refractivity (Wildman–Crippen MR) is 150 cm³/mol. The Balaban J connectivity index is 1.23. The molecule has 39 heavy (non-hydrogen) atoms. The molecule has 6 rings (SSSR count). The number of ketones is 1. The molecule has 0 bridgehead atoms. The van der Waals surface area contributed by atoms with Crippen LogP contribution in [0.1, 0.15) is 66.7 Å². The Bertz CT molecular complexity index is 1600. The number of carbonyl (C=O) groups excluding carboxylic acids is 1. The number of carboxylic acids is 1. The molecule has 4 aromatic rings. The Morgan fingerprint density at radius 2 is 1.82 bits per heavy atom. The number of pyridine rings is 1. The maximum Gasteiger partial charge on any atom is 0.306 e. The van der Waals surface area contributed by atoms with Crippen molar-refractivity contribution in [3.05, 3.63) is 88.6 Å². The van der Waals surface area contributed by atoms with Crippen LogP contribution in [0.3, 0.4) is 0 Å². The average Bonchev–Trinajstić information content (AvgIpc) is 3.32. The maximum atomic E-state index is 14.8. The number of carboxylic acid groups (broad SMARTS) is 1. The number of nitrogens with zero attached hydrogens (tertiary/aromatic N) is 2. The summed E-state index contributed by atoms with van der Waals surface area (Å²) < 4.78 is 16.8. The van der Waals surface area contributed by atoms with E-state index >= 15 is 0 Å². The Morgan fingerprint density at radius 3 is 2.49 bits per heavy atom. The Labute approximate surface area is 231 Å². The normalized spacial score (nSPS) is 22.9. The van der Waals surface area contributed by atoms with Gasteiger partial charge in [-0.15, -0.1) is 0 Å². The number of Topliss-reactive ketones (excluding diaryl/α,β-unsaturated/α-hetero) is 1. The van der Waals surface area contributed by atoms with Crippen LogP contribution in [0.15, 0.2) is 60.9 Å². The first kappa shape index (κ1) is 25.8. The van der Waals surface area contributed by atoms with Crippen LogP contribution in [0.4, 0.5) is 4.39 Å². The van der Waals surface area contributed by atoms with Gasteiger partial charge < -0.3 is 9.67 Å². The number of aliphatic carboxylic acids is 1. The summed E-state index contributed by atoms with van der Waals surface area (Å²) in [5, 5.41) is 10.3. The summed E-state index contributed by atoms with van der Waals surface area (Å²) in [6.45, 7) is 3.91. The molecule has 200 valence electrons. The molecule has 1 spiro atoms. The van der Waals surface area contributed by atoms with Gasteiger partial charge in [-0.2, -0.15) is 0 Å². The molecule has 0 saturated heterocycles. The SMILES string of the molecule is Cc1ncc(-c2ccc(C(C)n3ccc4c(F)ccc(C(=O)CC5CC6(C5)CC(C(=O)O)C6)c43)cc2)cc1Cl. The van der Waals surface area contributed by atoms with Crippen molar-refractivity contribution in [1.82, 2.24) is 9.55 Å². The number of hydrogen-bond donors (Lipinski definition) is 1. The lowest BCUT2D eigenvalue weighted by Crippen LogP contribution is -2.50. The van der Waals surface area contributed by atoms with E-state index in [2.05, 4.69) is 4.98 Å². The van der Waals surface area contributed by atoms with E-state index in [0.29, 0.717) is 27.9 Å². The second-order valence-corrected chi connectivity index (χ2v) is 11.9. The minimum Gasteiger partial charge on any atom is -0.481 e. The smallest absolute Gasteiger partial charge is 0.306 e. The molecule has 2 aromatic heterocycles. The highest BCUT2D eigenvalue weighted by Gasteiger charge is 2.54. The third-order valence-corrected chi connectivity index (χ3v) is 9.30. The van der Waals surface area contributed by atoms with Crippen molar-refractivity contribution in [1.29, 1.82) is 0 Å². The fourth-order valence-corrected chi connectivity index (χ4v) is 6.92. The first-order chi connectivity index (χ1) is 18.6. The van der Waals surface area contributed by atoms with E-state index in [1.807, 2.05) is 54.9 Å². The summed E-state index contributed by atoms with van der Waals surface area (Å²) in [6.07, 6.45) is 7.31. The lowest BCUT2D eigenvalue weighted by Gasteiger charge is -2.56. The second-order valence-electron chi connectivity index (χ2n) is 11.5. The standard InChI is InChI=1S/C32H30ClFN2O3/c1-18-27(33)12-23(17-35-18)22-5-3-21(4-6-22)19(2)36-10-9-25-28(34)8-7-26(30(25)36)29(37)11-20-13-32(14-20)15-24(16-32)31(38)39/h3-10,12,17,19-20,24H,11,13-16H2,1-2H3,(H,38,39). The highest BCUT2D eigenvalue weighted by Crippen LogP contribution is 2.62. The number of aromatic nitrogens is 2. The number of hydrogen-bond acceptors (Lipinski definition) is 3. The zero-order valence-electron chi connectivity index (χ0n) is 22.0. The first-order valence-corrected chi connectivity index (χ1v) is 13.8. The highest BCUT2D eigenvalue weighted by molar-refractivity contribution is 6.31. The van der Waals surface area contributed by atoms with E-state index in [9.17, 15) is 19.1 Å². The van der Waals surface area contributed by atoms with E-state index in [4.69, 9.17) is 11.6 Å². The largest absolute Gasteiger partial charge is 0.481 e. The van der Waals surface area contributed by atoms with Gasteiger partial charge in [0.1, 0.15) is 5.82 Å². The zero-order valence-corrected chi connectivity index (χ0v) is 22.7. The van der Waals surface area contributed by atoms with Crippen LogP contribution >= 0.6 is 11.6 Å². The van der Waals surface area contributed by atoms with Crippen molar-refractivity contribution in [3.63, 3.8) is 0 Å². The van der Waals surface area contributed by atoms with E-state index in [1.54, 1.807) is 18.3 Å². The molecule has 1 atom stereocenters. The number of carbonyl (C=O) groups is 2. The molecule has 0 amide bonds. The van der Waals surface area contributed by atoms with Crippen LogP contribution < -0.4 is 0 Å². The summed E-state index contributed by atoms with van der Waals surface area (Å²) in [6, 6.07) is 14.6. The van der Waals surface area contributed by atoms with Gasteiger partial charge >= 0.3 is 5.97 Å². The van der Waals surface area contributed by atoms with E-state index in [-0.39, 0.29) is 34.9 Å². The Morgan fingerprint density at radius 1 is 1.10 bits per heavy atom. The van der Waals surface area contributed by atoms with Crippen LogP contribution in [0, 0.1) is 30.0 Å². The van der Waals surface area contributed by atoms with Crippen molar-refractivity contribution < 1.29 is 19.1 Å². The average molecular weight is 545 g/mol. The van der Waals surface area contributed by atoms with E-state index < -0.39 is 5.97 Å². The van der Waals surface area contributed by atoms with Gasteiger partial charge in [0.05, 0.1) is 28.2 Å². The molecule has 2 saturated carbocycles. The minimum absolute atomic E-state index is 0.0141. The molecule has 2 heterocycles. The molecule has 1 N–H and O–H groups in total. The number of aryl methyl sites for hydroxylation is 1. The number of halogens is 2. The van der Waals surface area contributed by atoms with Crippen molar-refractivity contribution in [2.24, 2.45) is 17.3 Å². The maximum absolute atomic E-state index is 14.8. The van der Waals surface area contributed by atoms with Gasteiger partial charge in [0.2, 0.25) is 0 Å². The van der Waals surface area contributed by atoms with Crippen molar-refractivity contribution in [2.45, 2.75) is 52.0 Å². The summed E-state index contributed by atoms with van der Waals surface area (Å²) in [7, 11) is 0. The zero-order chi connectivity index (χ0) is 27.5. The molecule has 7 heteroatoms. The summed E-state index contributed by atoms with van der Waals surface area (Å²) in [4.78, 5) is 29.0. The Hall–Kier alpha value is -3.51. The fourth-order valence-electron chi connectivity index (χ4n) is 6.75. The van der Waals surface area contributed by atoms with Gasteiger partial charge in [-0.05, 0) is 86.3 Å². The summed E-state index contributed by atoms with van der Waals surface area (Å²) in [5.41, 5.74) is 5.03. The monoisotopic (exact) mass is 544 g/mol. The highest BCUT2D eigenvalue weighted by atomic mass is 35.5. The molecular weight excluding hydrogens is 515 g/mol. The van der Waals surface area contributed by atoms with Crippen LogP contribution in [-0.4, -0.2) is 26.4 Å². The van der Waals surface area contributed by atoms with Gasteiger partial charge in [-0.25, -0.2) is 4.39 Å². The third-order valence-electron chi connectivity index (χ3n) is 8.92. The van der Waals surface area contributed by atoms with Crippen LogP contribution in [-0.2, 0) is 4.79 Å². The number of rotatable bonds is 7. The van der Waals surface area contributed by atoms with Gasteiger partial charge in [0.25, 0.3) is 0 Å². The van der Waals surface area contributed by atoms with E-state index in [0.717, 1.165) is 48.1 Å². The summed E-state index contributed by atoms with van der Waals surface area (Å²) in [5.74, 6) is -1.02. The van der Waals surface area contributed by atoms with Gasteiger partial charge in [0, 0.05) is 35.3 Å². The number of benzene rings is 2. The fraction of sp³-hybridized carbons (Fsp3) is 0.344. The van der Waals surface area contributed by atoms with Crippen molar-refractivity contribution >= 4 is 34.3 Å². The Kier molecular flexibility index (Phi) is 6.34. The minimum atomic E-state index is -0.713. The lowest BCUT2D eigenvalue weighted by atomic mass is 9.47. The van der Waals surface area contributed by atoms with Gasteiger partial charge in [-0.3, -0.25) is 14.6 Å². The van der Waals surface area contributed by atoms with Gasteiger partial charge in [-0.1, -0.05) is 35.9 Å².